The van der Waals surface area contributed by atoms with Crippen LogP contribution in [0.1, 0.15) is 28.1 Å². The summed E-state index contributed by atoms with van der Waals surface area (Å²) in [7, 11) is 3.18. The molecule has 0 bridgehead atoms. The number of nitrogens with zero attached hydrogens (tertiary/aromatic N) is 1. The molecule has 0 atom stereocenters. The van der Waals surface area contributed by atoms with E-state index in [1.807, 2.05) is 16.3 Å². The van der Waals surface area contributed by atoms with Gasteiger partial charge in [0.1, 0.15) is 11.5 Å². The molecule has 0 radical (unpaired) electrons. The minimum Gasteiger partial charge on any atom is -0.497 e. The molecule has 1 fully saturated rings. The molecule has 1 saturated heterocycles. The maximum Gasteiger partial charge on any atom is 0.254 e. The zero-order valence-corrected chi connectivity index (χ0v) is 15.4. The first-order valence-corrected chi connectivity index (χ1v) is 9.23. The smallest absolute Gasteiger partial charge is 0.254 e. The molecule has 1 amide bonds. The summed E-state index contributed by atoms with van der Waals surface area (Å²) in [5.74, 6) is 1.23. The number of rotatable bonds is 6. The van der Waals surface area contributed by atoms with Crippen molar-refractivity contribution in [3.63, 3.8) is 0 Å². The number of thiophene rings is 1. The Hall–Kier alpha value is -2.05. The van der Waals surface area contributed by atoms with Crippen LogP contribution in [0, 0.1) is 0 Å². The van der Waals surface area contributed by atoms with Crippen molar-refractivity contribution in [2.75, 3.05) is 27.4 Å². The normalized spacial score (nSPS) is 15.0. The highest BCUT2D eigenvalue weighted by Gasteiger charge is 2.27. The molecule has 2 aromatic rings. The van der Waals surface area contributed by atoms with Gasteiger partial charge in [-0.2, -0.15) is 0 Å². The third-order valence-electron chi connectivity index (χ3n) is 4.40. The molecule has 1 aromatic heterocycles. The maximum atomic E-state index is 13.3. The first-order chi connectivity index (χ1) is 12.2. The predicted octanol–water partition coefficient (Wildman–Crippen LogP) is 3.59. The van der Waals surface area contributed by atoms with Crippen LogP contribution in [0.5, 0.6) is 11.5 Å². The second-order valence-corrected chi connectivity index (χ2v) is 6.99. The lowest BCUT2D eigenvalue weighted by Crippen LogP contribution is -2.42. The van der Waals surface area contributed by atoms with Gasteiger partial charge in [0, 0.05) is 35.8 Å². The lowest BCUT2D eigenvalue weighted by atomic mass is 10.0. The monoisotopic (exact) mass is 361 g/mol. The van der Waals surface area contributed by atoms with Crippen molar-refractivity contribution in [2.45, 2.75) is 25.4 Å². The topological polar surface area (TPSA) is 48.0 Å². The van der Waals surface area contributed by atoms with Gasteiger partial charge in [0.05, 0.1) is 20.8 Å². The fourth-order valence-corrected chi connectivity index (χ4v) is 3.73. The van der Waals surface area contributed by atoms with Crippen LogP contribution in [-0.4, -0.2) is 44.3 Å². The van der Waals surface area contributed by atoms with Crippen molar-refractivity contribution in [3.8, 4) is 11.5 Å². The number of benzene rings is 1. The molecule has 6 heteroatoms. The molecule has 5 nitrogen and oxygen atoms in total. The third-order valence-corrected chi connectivity index (χ3v) is 5.26. The number of methoxy groups -OCH3 is 2. The summed E-state index contributed by atoms with van der Waals surface area (Å²) in [6, 6.07) is 9.57. The molecule has 25 heavy (non-hydrogen) atoms. The van der Waals surface area contributed by atoms with Gasteiger partial charge in [-0.05, 0) is 36.4 Å². The molecule has 2 heterocycles. The van der Waals surface area contributed by atoms with Crippen LogP contribution in [0.2, 0.25) is 0 Å². The average molecular weight is 361 g/mol. The SMILES string of the molecule is COc1cc(OC)cc(C(=O)N(Cc2cccs2)C2CCOCC2)c1. The number of amides is 1. The van der Waals surface area contributed by atoms with E-state index in [4.69, 9.17) is 14.2 Å². The molecule has 0 unspecified atom stereocenters. The van der Waals surface area contributed by atoms with Crippen molar-refractivity contribution in [2.24, 2.45) is 0 Å². The van der Waals surface area contributed by atoms with E-state index in [-0.39, 0.29) is 11.9 Å². The zero-order chi connectivity index (χ0) is 17.6. The highest BCUT2D eigenvalue weighted by molar-refractivity contribution is 7.09. The summed E-state index contributed by atoms with van der Waals surface area (Å²) in [6.07, 6.45) is 1.72. The largest absolute Gasteiger partial charge is 0.497 e. The Morgan fingerprint density at radius 1 is 1.20 bits per heavy atom. The Balaban J connectivity index is 1.89. The molecule has 134 valence electrons. The number of ether oxygens (including phenoxy) is 3. The van der Waals surface area contributed by atoms with Crippen molar-refractivity contribution < 1.29 is 19.0 Å². The van der Waals surface area contributed by atoms with Crippen molar-refractivity contribution in [1.82, 2.24) is 4.90 Å². The van der Waals surface area contributed by atoms with Crippen LogP contribution in [0.25, 0.3) is 0 Å². The summed E-state index contributed by atoms with van der Waals surface area (Å²) in [5, 5.41) is 2.04. The molecule has 0 spiro atoms. The Morgan fingerprint density at radius 3 is 2.44 bits per heavy atom. The summed E-state index contributed by atoms with van der Waals surface area (Å²) in [4.78, 5) is 16.4. The molecular formula is C19H23NO4S. The molecular weight excluding hydrogens is 338 g/mol. The summed E-state index contributed by atoms with van der Waals surface area (Å²) in [5.41, 5.74) is 0.583. The molecule has 1 aliphatic heterocycles. The number of hydrogen-bond donors (Lipinski definition) is 0. The standard InChI is InChI=1S/C19H23NO4S/c1-22-16-10-14(11-17(12-16)23-2)19(21)20(13-18-4-3-9-25-18)15-5-7-24-8-6-15/h3-4,9-12,15H,5-8,13H2,1-2H3. The second kappa shape index (κ2) is 8.36. The lowest BCUT2D eigenvalue weighted by Gasteiger charge is -2.34. The maximum absolute atomic E-state index is 13.3. The fourth-order valence-electron chi connectivity index (χ4n) is 3.03. The van der Waals surface area contributed by atoms with E-state index in [1.165, 1.54) is 4.88 Å². The van der Waals surface area contributed by atoms with Gasteiger partial charge in [-0.1, -0.05) is 6.07 Å². The van der Waals surface area contributed by atoms with Gasteiger partial charge < -0.3 is 19.1 Å². The van der Waals surface area contributed by atoms with Gasteiger partial charge in [-0.25, -0.2) is 0 Å². The Bertz CT molecular complexity index is 673. The van der Waals surface area contributed by atoms with E-state index in [0.29, 0.717) is 36.8 Å². The Kier molecular flexibility index (Phi) is 5.94. The number of carbonyl (C=O) groups is 1. The van der Waals surface area contributed by atoms with Crippen molar-refractivity contribution in [1.29, 1.82) is 0 Å². The first kappa shape index (κ1) is 17.8. The summed E-state index contributed by atoms with van der Waals surface area (Å²) < 4.78 is 16.1. The van der Waals surface area contributed by atoms with E-state index in [9.17, 15) is 4.79 Å². The van der Waals surface area contributed by atoms with E-state index in [0.717, 1.165) is 12.8 Å². The Labute approximate surface area is 152 Å². The molecule has 1 aromatic carbocycles. The second-order valence-electron chi connectivity index (χ2n) is 5.96. The van der Waals surface area contributed by atoms with Gasteiger partial charge in [-0.15, -0.1) is 11.3 Å². The van der Waals surface area contributed by atoms with Crippen LogP contribution in [-0.2, 0) is 11.3 Å². The quantitative estimate of drug-likeness (QED) is 0.789. The van der Waals surface area contributed by atoms with Gasteiger partial charge in [0.25, 0.3) is 5.91 Å². The zero-order valence-electron chi connectivity index (χ0n) is 14.6. The highest BCUT2D eigenvalue weighted by atomic mass is 32.1. The van der Waals surface area contributed by atoms with Crippen LogP contribution in [0.15, 0.2) is 35.7 Å². The number of carbonyl (C=O) groups excluding carboxylic acids is 1. The van der Waals surface area contributed by atoms with Crippen LogP contribution < -0.4 is 9.47 Å². The lowest BCUT2D eigenvalue weighted by molar-refractivity contribution is 0.0269. The molecule has 0 saturated carbocycles. The van der Waals surface area contributed by atoms with Gasteiger partial charge in [-0.3, -0.25) is 4.79 Å². The van der Waals surface area contributed by atoms with Crippen LogP contribution in [0.3, 0.4) is 0 Å². The van der Waals surface area contributed by atoms with Crippen molar-refractivity contribution in [3.05, 3.63) is 46.2 Å². The first-order valence-electron chi connectivity index (χ1n) is 8.35. The number of hydrogen-bond acceptors (Lipinski definition) is 5. The molecule has 0 N–H and O–H groups in total. The molecule has 1 aliphatic rings. The molecule has 3 rings (SSSR count). The Morgan fingerprint density at radius 2 is 1.88 bits per heavy atom. The van der Waals surface area contributed by atoms with Crippen LogP contribution in [0.4, 0.5) is 0 Å². The minimum atomic E-state index is -0.00231. The van der Waals surface area contributed by atoms with E-state index >= 15 is 0 Å². The van der Waals surface area contributed by atoms with Crippen molar-refractivity contribution >= 4 is 17.2 Å². The average Bonchev–Trinajstić information content (AvgIpc) is 3.19. The highest BCUT2D eigenvalue weighted by Crippen LogP contribution is 2.27. The fraction of sp³-hybridized carbons (Fsp3) is 0.421. The summed E-state index contributed by atoms with van der Waals surface area (Å²) in [6.45, 7) is 2.00. The van der Waals surface area contributed by atoms with E-state index in [2.05, 4.69) is 6.07 Å². The minimum absolute atomic E-state index is 0.00231. The summed E-state index contributed by atoms with van der Waals surface area (Å²) >= 11 is 1.67. The predicted molar refractivity (Wildman–Crippen MR) is 97.6 cm³/mol. The van der Waals surface area contributed by atoms with Crippen LogP contribution >= 0.6 is 11.3 Å². The molecule has 0 aliphatic carbocycles. The van der Waals surface area contributed by atoms with E-state index < -0.39 is 0 Å². The van der Waals surface area contributed by atoms with Gasteiger partial charge in [0.15, 0.2) is 0 Å². The third kappa shape index (κ3) is 4.32. The van der Waals surface area contributed by atoms with E-state index in [1.54, 1.807) is 43.8 Å². The van der Waals surface area contributed by atoms with Gasteiger partial charge >= 0.3 is 0 Å². The van der Waals surface area contributed by atoms with Gasteiger partial charge in [0.2, 0.25) is 0 Å².